The van der Waals surface area contributed by atoms with Crippen molar-refractivity contribution in [2.75, 3.05) is 0 Å². The van der Waals surface area contributed by atoms with Crippen LogP contribution < -0.4 is 0 Å². The van der Waals surface area contributed by atoms with Crippen LogP contribution in [-0.2, 0) is 5.88 Å². The van der Waals surface area contributed by atoms with Gasteiger partial charge in [0, 0.05) is 10.2 Å². The quantitative estimate of drug-likeness (QED) is 0.613. The van der Waals surface area contributed by atoms with Crippen LogP contribution in [-0.4, -0.2) is 9.55 Å². The fourth-order valence-electron chi connectivity index (χ4n) is 2.20. The van der Waals surface area contributed by atoms with Gasteiger partial charge in [-0.2, -0.15) is 0 Å². The van der Waals surface area contributed by atoms with Gasteiger partial charge in [-0.25, -0.2) is 4.98 Å². The van der Waals surface area contributed by atoms with E-state index in [4.69, 9.17) is 11.6 Å². The minimum absolute atomic E-state index is 0.393. The Balaban J connectivity index is 2.31. The van der Waals surface area contributed by atoms with Gasteiger partial charge in [-0.3, -0.25) is 4.57 Å². The van der Waals surface area contributed by atoms with E-state index < -0.39 is 0 Å². The maximum absolute atomic E-state index is 6.03. The highest BCUT2D eigenvalue weighted by atomic mass is 79.9. The van der Waals surface area contributed by atoms with Gasteiger partial charge in [0.05, 0.1) is 16.9 Å². The summed E-state index contributed by atoms with van der Waals surface area (Å²) in [5.74, 6) is 1.26. The first-order valence-corrected chi connectivity index (χ1v) is 7.31. The van der Waals surface area contributed by atoms with Gasteiger partial charge in [0.15, 0.2) is 0 Å². The van der Waals surface area contributed by atoms with Crippen molar-refractivity contribution in [1.29, 1.82) is 0 Å². The second kappa shape index (κ2) is 4.99. The van der Waals surface area contributed by atoms with Gasteiger partial charge < -0.3 is 0 Å². The third kappa shape index (κ3) is 2.28. The zero-order chi connectivity index (χ0) is 13.4. The lowest BCUT2D eigenvalue weighted by atomic mass is 10.2. The summed E-state index contributed by atoms with van der Waals surface area (Å²) in [7, 11) is 0. The zero-order valence-electron chi connectivity index (χ0n) is 10.4. The average Bonchev–Trinajstić information content (AvgIpc) is 2.77. The summed E-state index contributed by atoms with van der Waals surface area (Å²) in [5, 5.41) is 0. The van der Waals surface area contributed by atoms with E-state index in [2.05, 4.69) is 56.7 Å². The highest BCUT2D eigenvalue weighted by Crippen LogP contribution is 2.24. The van der Waals surface area contributed by atoms with E-state index in [1.54, 1.807) is 0 Å². The second-order valence-electron chi connectivity index (χ2n) is 4.47. The topological polar surface area (TPSA) is 17.8 Å². The number of hydrogen-bond acceptors (Lipinski definition) is 1. The number of benzene rings is 2. The highest BCUT2D eigenvalue weighted by Gasteiger charge is 2.11. The molecule has 3 aromatic rings. The summed E-state index contributed by atoms with van der Waals surface area (Å²) in [5.41, 5.74) is 4.36. The van der Waals surface area contributed by atoms with Crippen LogP contribution in [0.1, 0.15) is 11.4 Å². The van der Waals surface area contributed by atoms with Crippen molar-refractivity contribution in [3.63, 3.8) is 0 Å². The molecule has 1 aromatic heterocycles. The number of halogens is 2. The Kier molecular flexibility index (Phi) is 3.33. The van der Waals surface area contributed by atoms with Gasteiger partial charge in [0.1, 0.15) is 5.82 Å². The number of fused-ring (bicyclic) bond motifs is 1. The van der Waals surface area contributed by atoms with Gasteiger partial charge in [-0.05, 0) is 48.9 Å². The van der Waals surface area contributed by atoms with Crippen LogP contribution >= 0.6 is 27.5 Å². The van der Waals surface area contributed by atoms with Crippen molar-refractivity contribution in [3.8, 4) is 5.69 Å². The molecule has 0 atom stereocenters. The lowest BCUT2D eigenvalue weighted by molar-refractivity contribution is 0.981. The molecule has 0 aliphatic carbocycles. The van der Waals surface area contributed by atoms with Crippen molar-refractivity contribution in [3.05, 3.63) is 58.3 Å². The van der Waals surface area contributed by atoms with Crippen molar-refractivity contribution in [1.82, 2.24) is 9.55 Å². The van der Waals surface area contributed by atoms with E-state index in [0.717, 1.165) is 27.0 Å². The first kappa shape index (κ1) is 12.7. The Labute approximate surface area is 125 Å². The Bertz CT molecular complexity index is 732. The Morgan fingerprint density at radius 2 is 1.89 bits per heavy atom. The molecular formula is C15H12BrClN2. The number of imidazole rings is 1. The summed E-state index contributed by atoms with van der Waals surface area (Å²) in [6.07, 6.45) is 0. The number of aryl methyl sites for hydroxylation is 1. The summed E-state index contributed by atoms with van der Waals surface area (Å²) < 4.78 is 3.17. The molecule has 0 aliphatic rings. The van der Waals surface area contributed by atoms with Crippen LogP contribution in [0.4, 0.5) is 0 Å². The molecule has 0 radical (unpaired) electrons. The van der Waals surface area contributed by atoms with Crippen LogP contribution in [0, 0.1) is 6.92 Å². The molecule has 0 unspecified atom stereocenters. The lowest BCUT2D eigenvalue weighted by Gasteiger charge is -2.08. The molecule has 1 heterocycles. The van der Waals surface area contributed by atoms with Gasteiger partial charge >= 0.3 is 0 Å². The minimum Gasteiger partial charge on any atom is -0.295 e. The second-order valence-corrected chi connectivity index (χ2v) is 5.65. The predicted molar refractivity (Wildman–Crippen MR) is 83.1 cm³/mol. The first-order chi connectivity index (χ1) is 9.19. The van der Waals surface area contributed by atoms with Crippen LogP contribution in [0.15, 0.2) is 46.9 Å². The lowest BCUT2D eigenvalue weighted by Crippen LogP contribution is -1.99. The summed E-state index contributed by atoms with van der Waals surface area (Å²) >= 11 is 9.49. The van der Waals surface area contributed by atoms with Crippen LogP contribution in [0.2, 0.25) is 0 Å². The van der Waals surface area contributed by atoms with Gasteiger partial charge in [0.25, 0.3) is 0 Å². The Morgan fingerprint density at radius 1 is 1.16 bits per heavy atom. The highest BCUT2D eigenvalue weighted by molar-refractivity contribution is 9.10. The van der Waals surface area contributed by atoms with E-state index in [9.17, 15) is 0 Å². The summed E-state index contributed by atoms with van der Waals surface area (Å²) in [6, 6.07) is 14.4. The summed E-state index contributed by atoms with van der Waals surface area (Å²) in [6.45, 7) is 2.08. The maximum atomic E-state index is 6.03. The molecule has 2 aromatic carbocycles. The number of nitrogens with zero attached hydrogens (tertiary/aromatic N) is 2. The van der Waals surface area contributed by atoms with Gasteiger partial charge in [-0.1, -0.05) is 22.0 Å². The first-order valence-electron chi connectivity index (χ1n) is 5.99. The van der Waals surface area contributed by atoms with E-state index in [1.165, 1.54) is 5.56 Å². The van der Waals surface area contributed by atoms with Crippen LogP contribution in [0.3, 0.4) is 0 Å². The SMILES string of the molecule is Cc1ccc2nc(CCl)n(-c3ccc(Br)cc3)c2c1. The molecule has 0 saturated carbocycles. The molecule has 0 saturated heterocycles. The Morgan fingerprint density at radius 3 is 2.58 bits per heavy atom. The fourth-order valence-corrected chi connectivity index (χ4v) is 2.65. The summed E-state index contributed by atoms with van der Waals surface area (Å²) in [4.78, 5) is 4.59. The third-order valence-corrected chi connectivity index (χ3v) is 3.85. The van der Waals surface area contributed by atoms with Crippen molar-refractivity contribution in [2.24, 2.45) is 0 Å². The largest absolute Gasteiger partial charge is 0.295 e. The molecule has 96 valence electrons. The smallest absolute Gasteiger partial charge is 0.129 e. The number of hydrogen-bond donors (Lipinski definition) is 0. The van der Waals surface area contributed by atoms with Gasteiger partial charge in [0.2, 0.25) is 0 Å². The number of alkyl halides is 1. The molecule has 0 bridgehead atoms. The number of rotatable bonds is 2. The normalized spacial score (nSPS) is 11.1. The number of aromatic nitrogens is 2. The van der Waals surface area contributed by atoms with Crippen LogP contribution in [0.25, 0.3) is 16.7 Å². The van der Waals surface area contributed by atoms with Crippen molar-refractivity contribution < 1.29 is 0 Å². The van der Waals surface area contributed by atoms with E-state index in [1.807, 2.05) is 18.2 Å². The molecule has 19 heavy (non-hydrogen) atoms. The van der Waals surface area contributed by atoms with E-state index in [-0.39, 0.29) is 0 Å². The molecule has 0 aliphatic heterocycles. The van der Waals surface area contributed by atoms with E-state index in [0.29, 0.717) is 5.88 Å². The molecule has 4 heteroatoms. The van der Waals surface area contributed by atoms with Crippen LogP contribution in [0.5, 0.6) is 0 Å². The molecule has 0 N–H and O–H groups in total. The van der Waals surface area contributed by atoms with Crippen molar-refractivity contribution in [2.45, 2.75) is 12.8 Å². The maximum Gasteiger partial charge on any atom is 0.129 e. The standard InChI is InChI=1S/C15H12BrClN2/c1-10-2-7-13-14(8-10)19(15(9-17)18-13)12-5-3-11(16)4-6-12/h2-8H,9H2,1H3. The Hall–Kier alpha value is -1.32. The van der Waals surface area contributed by atoms with Gasteiger partial charge in [-0.15, -0.1) is 11.6 Å². The third-order valence-electron chi connectivity index (χ3n) is 3.08. The average molecular weight is 336 g/mol. The molecule has 0 amide bonds. The minimum atomic E-state index is 0.393. The molecular weight excluding hydrogens is 324 g/mol. The zero-order valence-corrected chi connectivity index (χ0v) is 12.7. The molecule has 0 spiro atoms. The van der Waals surface area contributed by atoms with Crippen molar-refractivity contribution >= 4 is 38.6 Å². The van der Waals surface area contributed by atoms with E-state index >= 15 is 0 Å². The fraction of sp³-hybridized carbons (Fsp3) is 0.133. The molecule has 2 nitrogen and oxygen atoms in total. The molecule has 0 fully saturated rings. The molecule has 3 rings (SSSR count). The monoisotopic (exact) mass is 334 g/mol. The predicted octanol–water partition coefficient (Wildman–Crippen LogP) is 4.84.